The number of hydrogen-bond donors (Lipinski definition) is 2. The molecule has 0 saturated carbocycles. The number of nitro groups is 1. The number of hydrogen-bond acceptors (Lipinski definition) is 8. The topological polar surface area (TPSA) is 158 Å². The molecule has 0 bridgehead atoms. The highest BCUT2D eigenvalue weighted by atomic mass is 32.2. The van der Waals surface area contributed by atoms with Crippen LogP contribution in [0.3, 0.4) is 0 Å². The maximum absolute atomic E-state index is 12.3. The van der Waals surface area contributed by atoms with Crippen LogP contribution in [0.15, 0.2) is 82.3 Å². The number of carbonyl (C=O) groups excluding carboxylic acids is 2. The van der Waals surface area contributed by atoms with E-state index in [1.807, 2.05) is 0 Å². The van der Waals surface area contributed by atoms with Gasteiger partial charge in [0, 0.05) is 12.1 Å². The van der Waals surface area contributed by atoms with Gasteiger partial charge in [-0.3, -0.25) is 14.9 Å². The molecule has 12 heteroatoms. The predicted molar refractivity (Wildman–Crippen MR) is 121 cm³/mol. The predicted octanol–water partition coefficient (Wildman–Crippen LogP) is 2.86. The molecule has 0 atom stereocenters. The Hall–Kier alpha value is -4.29. The summed E-state index contributed by atoms with van der Waals surface area (Å²) in [5, 5.41) is 13.3. The first-order valence-corrected chi connectivity index (χ1v) is 11.2. The Morgan fingerprint density at radius 2 is 1.79 bits per heavy atom. The van der Waals surface area contributed by atoms with E-state index >= 15 is 0 Å². The summed E-state index contributed by atoms with van der Waals surface area (Å²) in [7, 11) is -3.75. The Morgan fingerprint density at radius 3 is 2.47 bits per heavy atom. The highest BCUT2D eigenvalue weighted by Crippen LogP contribution is 2.22. The van der Waals surface area contributed by atoms with Crippen molar-refractivity contribution in [3.05, 3.63) is 94.4 Å². The lowest BCUT2D eigenvalue weighted by Gasteiger charge is -2.06. The van der Waals surface area contributed by atoms with Crippen LogP contribution >= 0.6 is 0 Å². The van der Waals surface area contributed by atoms with E-state index in [-0.39, 0.29) is 22.8 Å². The quantitative estimate of drug-likeness (QED) is 0.192. The molecule has 2 aromatic carbocycles. The van der Waals surface area contributed by atoms with Gasteiger partial charge >= 0.3 is 5.97 Å². The van der Waals surface area contributed by atoms with Gasteiger partial charge in [0.15, 0.2) is 6.61 Å². The van der Waals surface area contributed by atoms with E-state index in [2.05, 4.69) is 10.0 Å². The van der Waals surface area contributed by atoms with Crippen molar-refractivity contribution >= 4 is 39.4 Å². The Bertz CT molecular complexity index is 1300. The summed E-state index contributed by atoms with van der Waals surface area (Å²) in [5.74, 6) is -1.10. The molecule has 0 fully saturated rings. The van der Waals surface area contributed by atoms with Gasteiger partial charge < -0.3 is 14.5 Å². The lowest BCUT2D eigenvalue weighted by molar-refractivity contribution is -0.383. The molecule has 2 N–H and O–H groups in total. The molecule has 34 heavy (non-hydrogen) atoms. The maximum atomic E-state index is 12.3. The summed E-state index contributed by atoms with van der Waals surface area (Å²) in [6.45, 7) is -0.637. The normalized spacial score (nSPS) is 11.3. The van der Waals surface area contributed by atoms with E-state index < -0.39 is 33.4 Å². The minimum absolute atomic E-state index is 0.00796. The largest absolute Gasteiger partial charge is 0.468 e. The van der Waals surface area contributed by atoms with Crippen LogP contribution in [-0.4, -0.2) is 31.8 Å². The molecular formula is C22H19N3O8S. The number of sulfonamides is 1. The number of ether oxygens (including phenoxy) is 1. The Balaban J connectivity index is 1.50. The third-order valence-electron chi connectivity index (χ3n) is 4.34. The third-order valence-corrected chi connectivity index (χ3v) is 5.76. The van der Waals surface area contributed by atoms with E-state index in [0.717, 1.165) is 6.08 Å². The Labute approximate surface area is 194 Å². The molecule has 0 aliphatic heterocycles. The van der Waals surface area contributed by atoms with Crippen molar-refractivity contribution in [1.82, 2.24) is 4.72 Å². The molecular weight excluding hydrogens is 466 g/mol. The molecule has 1 heterocycles. The number of benzene rings is 2. The number of amides is 1. The molecule has 11 nitrogen and oxygen atoms in total. The average Bonchev–Trinajstić information content (AvgIpc) is 3.34. The molecule has 0 aliphatic rings. The minimum atomic E-state index is -3.75. The smallest absolute Gasteiger partial charge is 0.331 e. The van der Waals surface area contributed by atoms with Crippen molar-refractivity contribution in [1.29, 1.82) is 0 Å². The first-order valence-electron chi connectivity index (χ1n) is 9.75. The Morgan fingerprint density at radius 1 is 1.06 bits per heavy atom. The van der Waals surface area contributed by atoms with Gasteiger partial charge in [-0.2, -0.15) is 0 Å². The van der Waals surface area contributed by atoms with Crippen LogP contribution in [0, 0.1) is 10.1 Å². The SMILES string of the molecule is O=C(COC(=O)/C=C/c1ccc(S(=O)(=O)NCc2ccco2)cc1)Nc1ccccc1[N+](=O)[O-]. The number of nitrogens with one attached hydrogen (secondary N) is 2. The first-order chi connectivity index (χ1) is 16.2. The standard InChI is InChI=1S/C22H19N3O8S/c26-21(24-19-5-1-2-6-20(19)25(28)29)15-33-22(27)12-9-16-7-10-18(11-8-16)34(30,31)23-14-17-4-3-13-32-17/h1-13,23H,14-15H2,(H,24,26)/b12-9+. The number of carbonyl (C=O) groups is 2. The highest BCUT2D eigenvalue weighted by Gasteiger charge is 2.16. The number of esters is 1. The summed E-state index contributed by atoms with van der Waals surface area (Å²) in [5.41, 5.74) is 0.216. The van der Waals surface area contributed by atoms with E-state index in [0.29, 0.717) is 11.3 Å². The molecule has 0 saturated heterocycles. The fourth-order valence-electron chi connectivity index (χ4n) is 2.69. The summed E-state index contributed by atoms with van der Waals surface area (Å²) in [6, 6.07) is 14.6. The van der Waals surface area contributed by atoms with E-state index in [1.165, 1.54) is 60.9 Å². The first kappa shape index (κ1) is 24.4. The number of nitro benzene ring substituents is 1. The molecule has 0 spiro atoms. The zero-order valence-corrected chi connectivity index (χ0v) is 18.4. The van der Waals surface area contributed by atoms with Gasteiger partial charge in [0.25, 0.3) is 11.6 Å². The lowest BCUT2D eigenvalue weighted by atomic mass is 10.2. The van der Waals surface area contributed by atoms with E-state index in [4.69, 9.17) is 9.15 Å². The van der Waals surface area contributed by atoms with E-state index in [1.54, 1.807) is 12.1 Å². The molecule has 3 aromatic rings. The van der Waals surface area contributed by atoms with Gasteiger partial charge in [0.2, 0.25) is 10.0 Å². The zero-order chi connectivity index (χ0) is 24.6. The highest BCUT2D eigenvalue weighted by molar-refractivity contribution is 7.89. The van der Waals surface area contributed by atoms with Crippen molar-refractivity contribution in [2.45, 2.75) is 11.4 Å². The van der Waals surface area contributed by atoms with Gasteiger partial charge in [-0.05, 0) is 42.0 Å². The van der Waals surface area contributed by atoms with Crippen LogP contribution in [0.1, 0.15) is 11.3 Å². The molecule has 1 amide bonds. The van der Waals surface area contributed by atoms with Crippen LogP contribution < -0.4 is 10.0 Å². The minimum Gasteiger partial charge on any atom is -0.468 e. The van der Waals surface area contributed by atoms with Crippen LogP contribution in [0.2, 0.25) is 0 Å². The second kappa shape index (κ2) is 11.0. The second-order valence-corrected chi connectivity index (χ2v) is 8.50. The van der Waals surface area contributed by atoms with Crippen molar-refractivity contribution in [3.63, 3.8) is 0 Å². The fourth-order valence-corrected chi connectivity index (χ4v) is 3.69. The summed E-state index contributed by atoms with van der Waals surface area (Å²) < 4.78 is 37.0. The fraction of sp³-hybridized carbons (Fsp3) is 0.0909. The second-order valence-electron chi connectivity index (χ2n) is 6.74. The number of nitrogens with zero attached hydrogens (tertiary/aromatic N) is 1. The lowest BCUT2D eigenvalue weighted by Crippen LogP contribution is -2.22. The molecule has 0 unspecified atom stereocenters. The van der Waals surface area contributed by atoms with E-state index in [9.17, 15) is 28.1 Å². The molecule has 0 aliphatic carbocycles. The summed E-state index contributed by atoms with van der Waals surface area (Å²) >= 11 is 0. The van der Waals surface area contributed by atoms with Crippen LogP contribution in [0.5, 0.6) is 0 Å². The van der Waals surface area contributed by atoms with Gasteiger partial charge in [0.1, 0.15) is 11.4 Å². The summed E-state index contributed by atoms with van der Waals surface area (Å²) in [6.07, 6.45) is 3.89. The molecule has 0 radical (unpaired) electrons. The monoisotopic (exact) mass is 485 g/mol. The van der Waals surface area contributed by atoms with Gasteiger partial charge in [-0.25, -0.2) is 17.9 Å². The van der Waals surface area contributed by atoms with Crippen LogP contribution in [-0.2, 0) is 30.9 Å². The average molecular weight is 485 g/mol. The van der Waals surface area contributed by atoms with Crippen LogP contribution in [0.25, 0.3) is 6.08 Å². The molecule has 176 valence electrons. The number of rotatable bonds is 10. The number of furan rings is 1. The van der Waals surface area contributed by atoms with Crippen LogP contribution in [0.4, 0.5) is 11.4 Å². The van der Waals surface area contributed by atoms with Crippen molar-refractivity contribution in [2.24, 2.45) is 0 Å². The van der Waals surface area contributed by atoms with Crippen molar-refractivity contribution < 1.29 is 32.1 Å². The molecule has 1 aromatic heterocycles. The van der Waals surface area contributed by atoms with Gasteiger partial charge in [-0.15, -0.1) is 0 Å². The zero-order valence-electron chi connectivity index (χ0n) is 17.5. The third kappa shape index (κ3) is 6.85. The summed E-state index contributed by atoms with van der Waals surface area (Å²) in [4.78, 5) is 34.1. The molecule has 3 rings (SSSR count). The van der Waals surface area contributed by atoms with Crippen molar-refractivity contribution in [2.75, 3.05) is 11.9 Å². The number of para-hydroxylation sites is 2. The van der Waals surface area contributed by atoms with Gasteiger partial charge in [0.05, 0.1) is 22.6 Å². The van der Waals surface area contributed by atoms with Gasteiger partial charge in [-0.1, -0.05) is 24.3 Å². The number of anilines is 1. The maximum Gasteiger partial charge on any atom is 0.331 e. The van der Waals surface area contributed by atoms with Crippen molar-refractivity contribution in [3.8, 4) is 0 Å². The Kier molecular flexibility index (Phi) is 7.90.